The molecule has 0 spiro atoms. The molecule has 0 saturated heterocycles. The molecule has 0 radical (unpaired) electrons. The van der Waals surface area contributed by atoms with Gasteiger partial charge >= 0.3 is 5.97 Å². The van der Waals surface area contributed by atoms with Crippen LogP contribution in [0.3, 0.4) is 0 Å². The maximum atomic E-state index is 13.5. The van der Waals surface area contributed by atoms with Crippen LogP contribution in [-0.4, -0.2) is 40.3 Å². The number of rotatable bonds is 4. The molecule has 0 aromatic rings. The molecule has 4 aliphatic carbocycles. The smallest absolute Gasteiger partial charge is 0.331 e. The van der Waals surface area contributed by atoms with E-state index in [9.17, 15) is 19.8 Å². The minimum absolute atomic E-state index is 0.00255. The lowest BCUT2D eigenvalue weighted by atomic mass is 9.46. The van der Waals surface area contributed by atoms with Crippen LogP contribution < -0.4 is 0 Å². The van der Waals surface area contributed by atoms with E-state index in [1.807, 2.05) is 19.9 Å². The zero-order chi connectivity index (χ0) is 24.6. The van der Waals surface area contributed by atoms with E-state index in [0.717, 1.165) is 44.1 Å². The van der Waals surface area contributed by atoms with Crippen LogP contribution in [0.4, 0.5) is 0 Å². The van der Waals surface area contributed by atoms with Crippen molar-refractivity contribution >= 4 is 11.8 Å². The molecule has 5 aliphatic rings. The predicted molar refractivity (Wildman–Crippen MR) is 130 cm³/mol. The van der Waals surface area contributed by atoms with E-state index < -0.39 is 12.2 Å². The van der Waals surface area contributed by atoms with Crippen molar-refractivity contribution in [2.75, 3.05) is 0 Å². The Bertz CT molecular complexity index is 933. The second-order valence-electron chi connectivity index (χ2n) is 12.9. The molecule has 0 aromatic carbocycles. The first-order valence-corrected chi connectivity index (χ1v) is 13.5. The number of hydrogen-bond donors (Lipinski definition) is 2. The lowest BCUT2D eigenvalue weighted by Gasteiger charge is -2.57. The molecule has 2 N–H and O–H groups in total. The second kappa shape index (κ2) is 8.30. The van der Waals surface area contributed by atoms with E-state index >= 15 is 0 Å². The number of carbonyl (C=O) groups is 2. The summed E-state index contributed by atoms with van der Waals surface area (Å²) in [5.74, 6) is 1.07. The van der Waals surface area contributed by atoms with Crippen molar-refractivity contribution in [3.8, 4) is 0 Å². The summed E-state index contributed by atoms with van der Waals surface area (Å²) in [7, 11) is 0. The molecule has 0 bridgehead atoms. The van der Waals surface area contributed by atoms with Gasteiger partial charge in [0.2, 0.25) is 0 Å². The summed E-state index contributed by atoms with van der Waals surface area (Å²) in [6.07, 6.45) is 8.40. The fraction of sp³-hybridized carbons (Fsp3) is 0.793. The van der Waals surface area contributed by atoms with E-state index in [0.29, 0.717) is 24.2 Å². The molecule has 0 aromatic heterocycles. The van der Waals surface area contributed by atoms with Gasteiger partial charge in [-0.15, -0.1) is 0 Å². The lowest BCUT2D eigenvalue weighted by molar-refractivity contribution is -0.148. The molecule has 188 valence electrons. The first-order valence-electron chi connectivity index (χ1n) is 13.5. The summed E-state index contributed by atoms with van der Waals surface area (Å²) in [5.41, 5.74) is 2.09. The number of hydrogen-bond acceptors (Lipinski definition) is 5. The Labute approximate surface area is 204 Å². The van der Waals surface area contributed by atoms with Crippen molar-refractivity contribution in [1.29, 1.82) is 0 Å². The highest BCUT2D eigenvalue weighted by Crippen LogP contribution is 2.66. The third-order valence-electron chi connectivity index (χ3n) is 11.0. The van der Waals surface area contributed by atoms with E-state index in [1.165, 1.54) is 5.57 Å². The van der Waals surface area contributed by atoms with E-state index in [2.05, 4.69) is 20.8 Å². The average molecular weight is 471 g/mol. The monoisotopic (exact) mass is 470 g/mol. The molecule has 10 atom stereocenters. The highest BCUT2D eigenvalue weighted by molar-refractivity contribution is 5.94. The van der Waals surface area contributed by atoms with Crippen LogP contribution in [0.1, 0.15) is 79.6 Å². The van der Waals surface area contributed by atoms with Crippen LogP contribution >= 0.6 is 0 Å². The fourth-order valence-electron chi connectivity index (χ4n) is 9.01. The van der Waals surface area contributed by atoms with Crippen molar-refractivity contribution in [2.24, 2.45) is 46.3 Å². The Balaban J connectivity index is 1.40. The quantitative estimate of drug-likeness (QED) is 0.586. The zero-order valence-electron chi connectivity index (χ0n) is 21.4. The predicted octanol–water partition coefficient (Wildman–Crippen LogP) is 4.61. The molecule has 3 fully saturated rings. The molecule has 1 heterocycles. The number of cyclic esters (lactones) is 1. The molecule has 5 heteroatoms. The molecular weight excluding hydrogens is 428 g/mol. The van der Waals surface area contributed by atoms with Gasteiger partial charge in [-0.3, -0.25) is 4.79 Å². The van der Waals surface area contributed by atoms with Crippen molar-refractivity contribution in [3.63, 3.8) is 0 Å². The maximum Gasteiger partial charge on any atom is 0.331 e. The van der Waals surface area contributed by atoms with Crippen molar-refractivity contribution in [2.45, 2.75) is 97.9 Å². The second-order valence-corrected chi connectivity index (χ2v) is 12.9. The molecule has 1 aliphatic heterocycles. The summed E-state index contributed by atoms with van der Waals surface area (Å²) in [4.78, 5) is 25.5. The van der Waals surface area contributed by atoms with Crippen LogP contribution in [0.5, 0.6) is 0 Å². The molecular formula is C29H42O5. The number of esters is 1. The molecule has 0 amide bonds. The first-order chi connectivity index (χ1) is 16.0. The lowest BCUT2D eigenvalue weighted by Crippen LogP contribution is -2.54. The Morgan fingerprint density at radius 2 is 1.74 bits per heavy atom. The summed E-state index contributed by atoms with van der Waals surface area (Å²) in [6.45, 7) is 10.9. The SMILES string of the molecule is CC(C)C1=CC(=O)O[C@H]1[C@H](O)[C@@H](C)[C@H]1CC[C@H]2[C@@H]3C(=O)C=C4C[C@@H](O)CC[C@]4(C)[C@H]3CC[C@]12C. The summed E-state index contributed by atoms with van der Waals surface area (Å²) in [5, 5.41) is 21.6. The van der Waals surface area contributed by atoms with Crippen LogP contribution in [0.2, 0.25) is 0 Å². The van der Waals surface area contributed by atoms with Gasteiger partial charge in [-0.1, -0.05) is 40.2 Å². The highest BCUT2D eigenvalue weighted by Gasteiger charge is 2.62. The number of allylic oxidation sites excluding steroid dienone is 1. The summed E-state index contributed by atoms with van der Waals surface area (Å²) >= 11 is 0. The Morgan fingerprint density at radius 1 is 1.00 bits per heavy atom. The van der Waals surface area contributed by atoms with Gasteiger partial charge < -0.3 is 14.9 Å². The summed E-state index contributed by atoms with van der Waals surface area (Å²) in [6, 6.07) is 0. The first kappa shape index (κ1) is 24.2. The number of ether oxygens (including phenoxy) is 1. The van der Waals surface area contributed by atoms with Crippen LogP contribution in [-0.2, 0) is 14.3 Å². The Hall–Kier alpha value is -1.46. The minimum Gasteiger partial charge on any atom is -0.452 e. The number of carbonyl (C=O) groups excluding carboxylic acids is 2. The van der Waals surface area contributed by atoms with Gasteiger partial charge in [0.15, 0.2) is 11.9 Å². The van der Waals surface area contributed by atoms with E-state index in [4.69, 9.17) is 4.74 Å². The van der Waals surface area contributed by atoms with Gasteiger partial charge in [-0.25, -0.2) is 4.79 Å². The third-order valence-corrected chi connectivity index (χ3v) is 11.0. The molecule has 34 heavy (non-hydrogen) atoms. The fourth-order valence-corrected chi connectivity index (χ4v) is 9.01. The zero-order valence-corrected chi connectivity index (χ0v) is 21.4. The van der Waals surface area contributed by atoms with Crippen molar-refractivity contribution in [1.82, 2.24) is 0 Å². The van der Waals surface area contributed by atoms with Gasteiger partial charge in [0.1, 0.15) is 0 Å². The van der Waals surface area contributed by atoms with E-state index in [1.54, 1.807) is 6.08 Å². The van der Waals surface area contributed by atoms with Gasteiger partial charge in [-0.05, 0) is 97.0 Å². The Morgan fingerprint density at radius 3 is 2.44 bits per heavy atom. The van der Waals surface area contributed by atoms with E-state index in [-0.39, 0.29) is 46.4 Å². The number of fused-ring (bicyclic) bond motifs is 5. The average Bonchev–Trinajstić information content (AvgIpc) is 3.34. The van der Waals surface area contributed by atoms with Crippen LogP contribution in [0.15, 0.2) is 23.3 Å². The number of ketones is 1. The Kier molecular flexibility index (Phi) is 5.92. The molecule has 5 nitrogen and oxygen atoms in total. The van der Waals surface area contributed by atoms with Crippen molar-refractivity contribution in [3.05, 3.63) is 23.3 Å². The highest BCUT2D eigenvalue weighted by atomic mass is 16.6. The molecule has 3 saturated carbocycles. The third kappa shape index (κ3) is 3.48. The van der Waals surface area contributed by atoms with Gasteiger partial charge in [-0.2, -0.15) is 0 Å². The summed E-state index contributed by atoms with van der Waals surface area (Å²) < 4.78 is 5.57. The molecule has 0 unspecified atom stereocenters. The van der Waals surface area contributed by atoms with Gasteiger partial charge in [0.25, 0.3) is 0 Å². The maximum absolute atomic E-state index is 13.5. The standard InChI is InChI=1S/C29H42O5/c1-15(2)19-14-24(32)34-27(19)26(33)16(3)20-6-7-21-25-22(9-11-29(20,21)5)28(4)10-8-18(30)12-17(28)13-23(25)31/h13-16,18,20-22,25-27,30,33H,6-12H2,1-5H3/t16-,18-,20+,21-,22-,25-,26+,27+,28-,29+/m0/s1. The van der Waals surface area contributed by atoms with Crippen molar-refractivity contribution < 1.29 is 24.5 Å². The molecule has 5 rings (SSSR count). The van der Waals surface area contributed by atoms with Crippen LogP contribution in [0.25, 0.3) is 0 Å². The number of aliphatic hydroxyl groups is 2. The largest absolute Gasteiger partial charge is 0.452 e. The van der Waals surface area contributed by atoms with Crippen LogP contribution in [0, 0.1) is 46.3 Å². The van der Waals surface area contributed by atoms with Gasteiger partial charge in [0.05, 0.1) is 12.2 Å². The van der Waals surface area contributed by atoms with Gasteiger partial charge in [0, 0.05) is 12.0 Å². The topological polar surface area (TPSA) is 83.8 Å². The number of aliphatic hydroxyl groups excluding tert-OH is 2. The normalized spacial score (nSPS) is 45.6. The minimum atomic E-state index is -0.732.